The lowest BCUT2D eigenvalue weighted by Crippen LogP contribution is -2.34. The third-order valence-electron chi connectivity index (χ3n) is 5.30. The topological polar surface area (TPSA) is 46.3 Å². The normalized spacial score (nSPS) is 35.7. The van der Waals surface area contributed by atoms with Gasteiger partial charge >= 0.3 is 0 Å². The second kappa shape index (κ2) is 3.83. The molecule has 2 fully saturated rings. The standard InChI is InChI=1S/C16H20N2O/c17-12-6-8-18(10-12)15(19)14-9-16(14)7-5-11-3-1-2-4-13(11)16/h1-4,12,14H,5-10,17H2/t12-,14?,16?/m1/s1. The van der Waals surface area contributed by atoms with Crippen molar-refractivity contribution in [2.24, 2.45) is 11.7 Å². The summed E-state index contributed by atoms with van der Waals surface area (Å²) in [7, 11) is 0. The number of rotatable bonds is 1. The van der Waals surface area contributed by atoms with E-state index in [0.29, 0.717) is 5.91 Å². The van der Waals surface area contributed by atoms with E-state index in [2.05, 4.69) is 24.3 Å². The number of fused-ring (bicyclic) bond motifs is 2. The number of nitrogens with two attached hydrogens (primary N) is 1. The molecule has 1 saturated heterocycles. The van der Waals surface area contributed by atoms with Crippen LogP contribution in [0.5, 0.6) is 0 Å². The van der Waals surface area contributed by atoms with Crippen molar-refractivity contribution in [2.45, 2.75) is 37.1 Å². The summed E-state index contributed by atoms with van der Waals surface area (Å²) >= 11 is 0. The molecule has 2 N–H and O–H groups in total. The van der Waals surface area contributed by atoms with Crippen molar-refractivity contribution >= 4 is 5.91 Å². The maximum atomic E-state index is 12.6. The molecule has 4 rings (SSSR count). The van der Waals surface area contributed by atoms with Gasteiger partial charge in [0.25, 0.3) is 0 Å². The van der Waals surface area contributed by atoms with E-state index in [1.807, 2.05) is 4.90 Å². The summed E-state index contributed by atoms with van der Waals surface area (Å²) in [6, 6.07) is 8.85. The van der Waals surface area contributed by atoms with Crippen molar-refractivity contribution in [1.82, 2.24) is 4.90 Å². The fourth-order valence-corrected chi connectivity index (χ4v) is 4.13. The first-order valence-electron chi connectivity index (χ1n) is 7.33. The number of amides is 1. The molecule has 1 amide bonds. The van der Waals surface area contributed by atoms with Crippen molar-refractivity contribution in [3.05, 3.63) is 35.4 Å². The number of carbonyl (C=O) groups excluding carboxylic acids is 1. The molecule has 2 unspecified atom stereocenters. The van der Waals surface area contributed by atoms with Gasteiger partial charge in [-0.05, 0) is 36.8 Å². The first-order chi connectivity index (χ1) is 9.21. The number of hydrogen-bond donors (Lipinski definition) is 1. The lowest BCUT2D eigenvalue weighted by atomic mass is 9.95. The predicted octanol–water partition coefficient (Wildman–Crippen LogP) is 1.45. The van der Waals surface area contributed by atoms with Gasteiger partial charge in [-0.25, -0.2) is 0 Å². The third kappa shape index (κ3) is 1.57. The molecule has 1 spiro atoms. The summed E-state index contributed by atoms with van der Waals surface area (Å²) in [5.74, 6) is 0.575. The molecule has 1 saturated carbocycles. The van der Waals surface area contributed by atoms with Crippen LogP contribution >= 0.6 is 0 Å². The Morgan fingerprint density at radius 1 is 1.37 bits per heavy atom. The molecule has 100 valence electrons. The molecule has 3 atom stereocenters. The van der Waals surface area contributed by atoms with Crippen LogP contribution in [-0.2, 0) is 16.6 Å². The minimum atomic E-state index is 0.181. The Balaban J connectivity index is 1.57. The van der Waals surface area contributed by atoms with Gasteiger partial charge in [0.1, 0.15) is 0 Å². The first kappa shape index (κ1) is 11.5. The van der Waals surface area contributed by atoms with Gasteiger partial charge in [0.15, 0.2) is 0 Å². The predicted molar refractivity (Wildman–Crippen MR) is 73.7 cm³/mol. The van der Waals surface area contributed by atoms with E-state index in [-0.39, 0.29) is 17.4 Å². The smallest absolute Gasteiger partial charge is 0.226 e. The van der Waals surface area contributed by atoms with Crippen molar-refractivity contribution in [3.8, 4) is 0 Å². The summed E-state index contributed by atoms with van der Waals surface area (Å²) in [5, 5.41) is 0. The van der Waals surface area contributed by atoms with E-state index in [4.69, 9.17) is 5.73 Å². The zero-order valence-corrected chi connectivity index (χ0v) is 11.1. The van der Waals surface area contributed by atoms with Crippen molar-refractivity contribution in [1.29, 1.82) is 0 Å². The lowest BCUT2D eigenvalue weighted by molar-refractivity contribution is -0.132. The quantitative estimate of drug-likeness (QED) is 0.826. The highest BCUT2D eigenvalue weighted by Crippen LogP contribution is 2.62. The fourth-order valence-electron chi connectivity index (χ4n) is 4.13. The van der Waals surface area contributed by atoms with Gasteiger partial charge in [-0.2, -0.15) is 0 Å². The van der Waals surface area contributed by atoms with Crippen LogP contribution < -0.4 is 5.73 Å². The molecule has 19 heavy (non-hydrogen) atoms. The van der Waals surface area contributed by atoms with Gasteiger partial charge < -0.3 is 10.6 Å². The number of benzene rings is 1. The Bertz CT molecular complexity index is 541. The molecular formula is C16H20N2O. The monoisotopic (exact) mass is 256 g/mol. The maximum Gasteiger partial charge on any atom is 0.226 e. The van der Waals surface area contributed by atoms with Crippen LogP contribution in [0.3, 0.4) is 0 Å². The van der Waals surface area contributed by atoms with Crippen molar-refractivity contribution in [3.63, 3.8) is 0 Å². The van der Waals surface area contributed by atoms with Crippen LogP contribution in [0.15, 0.2) is 24.3 Å². The highest BCUT2D eigenvalue weighted by atomic mass is 16.2. The molecule has 1 aromatic carbocycles. The number of likely N-dealkylation sites (tertiary alicyclic amines) is 1. The number of aryl methyl sites for hydroxylation is 1. The van der Waals surface area contributed by atoms with Gasteiger partial charge in [0, 0.05) is 30.5 Å². The fraction of sp³-hybridized carbons (Fsp3) is 0.562. The lowest BCUT2D eigenvalue weighted by Gasteiger charge is -2.18. The van der Waals surface area contributed by atoms with Crippen molar-refractivity contribution < 1.29 is 4.79 Å². The number of nitrogens with zero attached hydrogens (tertiary/aromatic N) is 1. The van der Waals surface area contributed by atoms with Gasteiger partial charge in [0.2, 0.25) is 5.91 Å². The molecule has 1 aliphatic heterocycles. The second-order valence-corrected chi connectivity index (χ2v) is 6.40. The molecule has 3 nitrogen and oxygen atoms in total. The summed E-state index contributed by atoms with van der Waals surface area (Å²) < 4.78 is 0. The summed E-state index contributed by atoms with van der Waals surface area (Å²) in [5.41, 5.74) is 8.99. The average Bonchev–Trinajstić information content (AvgIpc) is 2.79. The Morgan fingerprint density at radius 3 is 3.00 bits per heavy atom. The summed E-state index contributed by atoms with van der Waals surface area (Å²) in [4.78, 5) is 14.6. The van der Waals surface area contributed by atoms with E-state index in [9.17, 15) is 4.79 Å². The minimum Gasteiger partial charge on any atom is -0.341 e. The molecule has 3 aliphatic rings. The summed E-state index contributed by atoms with van der Waals surface area (Å²) in [6.45, 7) is 1.61. The van der Waals surface area contributed by atoms with Crippen molar-refractivity contribution in [2.75, 3.05) is 13.1 Å². The highest BCUT2D eigenvalue weighted by Gasteiger charge is 2.62. The molecule has 1 heterocycles. The molecular weight excluding hydrogens is 236 g/mol. The molecule has 3 heteroatoms. The number of carbonyl (C=O) groups is 1. The van der Waals surface area contributed by atoms with Crippen LogP contribution in [0.2, 0.25) is 0 Å². The number of hydrogen-bond acceptors (Lipinski definition) is 2. The molecule has 0 radical (unpaired) electrons. The van der Waals surface area contributed by atoms with Crippen LogP contribution in [0, 0.1) is 5.92 Å². The van der Waals surface area contributed by atoms with Crippen LogP contribution in [0.4, 0.5) is 0 Å². The van der Waals surface area contributed by atoms with Crippen LogP contribution in [-0.4, -0.2) is 29.9 Å². The van der Waals surface area contributed by atoms with E-state index in [1.54, 1.807) is 0 Å². The van der Waals surface area contributed by atoms with Gasteiger partial charge in [-0.3, -0.25) is 4.79 Å². The van der Waals surface area contributed by atoms with Gasteiger partial charge in [-0.1, -0.05) is 24.3 Å². The molecule has 2 aliphatic carbocycles. The van der Waals surface area contributed by atoms with E-state index in [0.717, 1.165) is 38.8 Å². The third-order valence-corrected chi connectivity index (χ3v) is 5.30. The largest absolute Gasteiger partial charge is 0.341 e. The van der Waals surface area contributed by atoms with Crippen LogP contribution in [0.25, 0.3) is 0 Å². The average molecular weight is 256 g/mol. The van der Waals surface area contributed by atoms with Crippen LogP contribution in [0.1, 0.15) is 30.4 Å². The minimum absolute atomic E-state index is 0.181. The highest BCUT2D eigenvalue weighted by molar-refractivity contribution is 5.85. The maximum absolute atomic E-state index is 12.6. The van der Waals surface area contributed by atoms with Gasteiger partial charge in [-0.15, -0.1) is 0 Å². The summed E-state index contributed by atoms with van der Waals surface area (Å²) in [6.07, 6.45) is 4.30. The Morgan fingerprint density at radius 2 is 2.21 bits per heavy atom. The molecule has 1 aromatic rings. The second-order valence-electron chi connectivity index (χ2n) is 6.40. The Hall–Kier alpha value is -1.35. The zero-order valence-electron chi connectivity index (χ0n) is 11.1. The molecule has 0 bridgehead atoms. The zero-order chi connectivity index (χ0) is 13.0. The Kier molecular flexibility index (Phi) is 2.31. The van der Waals surface area contributed by atoms with E-state index in [1.165, 1.54) is 11.1 Å². The van der Waals surface area contributed by atoms with Gasteiger partial charge in [0.05, 0.1) is 0 Å². The Labute approximate surface area is 113 Å². The van der Waals surface area contributed by atoms with E-state index < -0.39 is 0 Å². The molecule has 0 aromatic heterocycles. The first-order valence-corrected chi connectivity index (χ1v) is 7.33. The SMILES string of the molecule is N[C@@H]1CCN(C(=O)C2CC23CCc2ccccc23)C1. The van der Waals surface area contributed by atoms with E-state index >= 15 is 0 Å².